The van der Waals surface area contributed by atoms with Crippen LogP contribution in [0.3, 0.4) is 0 Å². The van der Waals surface area contributed by atoms with Crippen LogP contribution in [0.15, 0.2) is 48.5 Å². The minimum Gasteiger partial charge on any atom is -0.379 e. The van der Waals surface area contributed by atoms with Crippen LogP contribution in [0.2, 0.25) is 0 Å². The standard InChI is InChI=1S/C22H28N4O3/c23-15-17-4-6-19(7-5-17)22(28)24-16-18-2-1-3-20(14-18)25-21(27)8-9-26-10-12-29-13-11-26/h1-7,14H,8-13,15-16,23H2,(H,24,28)(H,25,27). The number of carbonyl (C=O) groups excluding carboxylic acids is 2. The Bertz CT molecular complexity index is 817. The van der Waals surface area contributed by atoms with Crippen LogP contribution in [0.25, 0.3) is 0 Å². The smallest absolute Gasteiger partial charge is 0.251 e. The van der Waals surface area contributed by atoms with Crippen molar-refractivity contribution in [2.24, 2.45) is 5.73 Å². The molecule has 29 heavy (non-hydrogen) atoms. The van der Waals surface area contributed by atoms with Crippen molar-refractivity contribution in [1.82, 2.24) is 10.2 Å². The van der Waals surface area contributed by atoms with Crippen LogP contribution in [-0.2, 0) is 22.6 Å². The zero-order chi connectivity index (χ0) is 20.5. The van der Waals surface area contributed by atoms with Gasteiger partial charge in [-0.05, 0) is 35.4 Å². The third-order valence-electron chi connectivity index (χ3n) is 4.87. The molecule has 1 aliphatic heterocycles. The molecule has 0 radical (unpaired) electrons. The lowest BCUT2D eigenvalue weighted by molar-refractivity contribution is -0.116. The quantitative estimate of drug-likeness (QED) is 0.632. The molecule has 0 unspecified atom stereocenters. The SMILES string of the molecule is NCc1ccc(C(=O)NCc2cccc(NC(=O)CCN3CCOCC3)c2)cc1. The minimum absolute atomic E-state index is 0.0160. The lowest BCUT2D eigenvalue weighted by Gasteiger charge is -2.26. The molecule has 0 aromatic heterocycles. The number of hydrogen-bond acceptors (Lipinski definition) is 5. The van der Waals surface area contributed by atoms with E-state index >= 15 is 0 Å². The van der Waals surface area contributed by atoms with Crippen molar-refractivity contribution in [2.75, 3.05) is 38.2 Å². The summed E-state index contributed by atoms with van der Waals surface area (Å²) in [6.07, 6.45) is 0.444. The number of carbonyl (C=O) groups is 2. The number of nitrogens with zero attached hydrogens (tertiary/aromatic N) is 1. The van der Waals surface area contributed by atoms with Crippen LogP contribution < -0.4 is 16.4 Å². The molecule has 2 aromatic rings. The molecule has 2 aromatic carbocycles. The fraction of sp³-hybridized carbons (Fsp3) is 0.364. The highest BCUT2D eigenvalue weighted by Gasteiger charge is 2.12. The maximum atomic E-state index is 12.3. The van der Waals surface area contributed by atoms with Gasteiger partial charge >= 0.3 is 0 Å². The molecule has 0 saturated carbocycles. The Morgan fingerprint density at radius 3 is 2.52 bits per heavy atom. The van der Waals surface area contributed by atoms with Crippen molar-refractivity contribution in [3.8, 4) is 0 Å². The second-order valence-electron chi connectivity index (χ2n) is 7.04. The maximum absolute atomic E-state index is 12.3. The average molecular weight is 396 g/mol. The van der Waals surface area contributed by atoms with Gasteiger partial charge in [-0.2, -0.15) is 0 Å². The first kappa shape index (κ1) is 21.0. The highest BCUT2D eigenvalue weighted by Crippen LogP contribution is 2.12. The summed E-state index contributed by atoms with van der Waals surface area (Å²) < 4.78 is 5.32. The molecule has 7 nitrogen and oxygen atoms in total. The van der Waals surface area contributed by atoms with Gasteiger partial charge in [0.2, 0.25) is 5.91 Å². The first-order valence-corrected chi connectivity index (χ1v) is 9.90. The lowest BCUT2D eigenvalue weighted by Crippen LogP contribution is -2.38. The van der Waals surface area contributed by atoms with E-state index in [1.165, 1.54) is 0 Å². The molecular formula is C22H28N4O3. The van der Waals surface area contributed by atoms with Gasteiger partial charge in [0.1, 0.15) is 0 Å². The number of benzene rings is 2. The molecule has 154 valence electrons. The minimum atomic E-state index is -0.145. The van der Waals surface area contributed by atoms with Gasteiger partial charge in [0, 0.05) is 50.4 Å². The van der Waals surface area contributed by atoms with Gasteiger partial charge in [-0.25, -0.2) is 0 Å². The van der Waals surface area contributed by atoms with E-state index in [2.05, 4.69) is 15.5 Å². The van der Waals surface area contributed by atoms with E-state index in [1.807, 2.05) is 36.4 Å². The Morgan fingerprint density at radius 1 is 1.03 bits per heavy atom. The number of nitrogens with one attached hydrogen (secondary N) is 2. The molecule has 7 heteroatoms. The molecule has 0 aliphatic carbocycles. The van der Waals surface area contributed by atoms with Gasteiger partial charge in [-0.1, -0.05) is 24.3 Å². The van der Waals surface area contributed by atoms with Crippen LogP contribution in [0, 0.1) is 0 Å². The summed E-state index contributed by atoms with van der Waals surface area (Å²) in [6.45, 7) is 4.77. The third kappa shape index (κ3) is 6.67. The molecule has 4 N–H and O–H groups in total. The number of anilines is 1. The second-order valence-corrected chi connectivity index (χ2v) is 7.04. The van der Waals surface area contributed by atoms with Gasteiger partial charge in [0.25, 0.3) is 5.91 Å². The Balaban J connectivity index is 1.46. The first-order valence-electron chi connectivity index (χ1n) is 9.90. The highest BCUT2D eigenvalue weighted by atomic mass is 16.5. The molecule has 0 spiro atoms. The van der Waals surface area contributed by atoms with Gasteiger partial charge in [0.05, 0.1) is 13.2 Å². The molecule has 0 bridgehead atoms. The molecule has 1 saturated heterocycles. The second kappa shape index (κ2) is 10.7. The maximum Gasteiger partial charge on any atom is 0.251 e. The number of morpholine rings is 1. The summed E-state index contributed by atoms with van der Waals surface area (Å²) in [5.41, 5.74) is 8.81. The van der Waals surface area contributed by atoms with Crippen molar-refractivity contribution < 1.29 is 14.3 Å². The van der Waals surface area contributed by atoms with E-state index in [4.69, 9.17) is 10.5 Å². The Kier molecular flexibility index (Phi) is 7.75. The Hall–Kier alpha value is -2.74. The fourth-order valence-corrected chi connectivity index (χ4v) is 3.14. The predicted octanol–water partition coefficient (Wildman–Crippen LogP) is 1.74. The van der Waals surface area contributed by atoms with Crippen LogP contribution in [-0.4, -0.2) is 49.6 Å². The summed E-state index contributed by atoms with van der Waals surface area (Å²) in [5.74, 6) is -0.161. The zero-order valence-electron chi connectivity index (χ0n) is 16.5. The van der Waals surface area contributed by atoms with Crippen molar-refractivity contribution in [3.63, 3.8) is 0 Å². The number of nitrogens with two attached hydrogens (primary N) is 1. The highest BCUT2D eigenvalue weighted by molar-refractivity contribution is 5.94. The monoisotopic (exact) mass is 396 g/mol. The summed E-state index contributed by atoms with van der Waals surface area (Å²) in [5, 5.41) is 5.83. The largest absolute Gasteiger partial charge is 0.379 e. The average Bonchev–Trinajstić information content (AvgIpc) is 2.77. The molecule has 0 atom stereocenters. The molecular weight excluding hydrogens is 368 g/mol. The molecule has 2 amide bonds. The van der Waals surface area contributed by atoms with Crippen molar-refractivity contribution in [1.29, 1.82) is 0 Å². The fourth-order valence-electron chi connectivity index (χ4n) is 3.14. The predicted molar refractivity (Wildman–Crippen MR) is 112 cm³/mol. The van der Waals surface area contributed by atoms with E-state index in [0.29, 0.717) is 25.1 Å². The van der Waals surface area contributed by atoms with Crippen LogP contribution >= 0.6 is 0 Å². The van der Waals surface area contributed by atoms with E-state index in [1.54, 1.807) is 12.1 Å². The molecule has 3 rings (SSSR count). The van der Waals surface area contributed by atoms with Gasteiger partial charge < -0.3 is 21.1 Å². The summed E-state index contributed by atoms with van der Waals surface area (Å²) >= 11 is 0. The van der Waals surface area contributed by atoms with Crippen LogP contribution in [0.5, 0.6) is 0 Å². The van der Waals surface area contributed by atoms with E-state index in [-0.39, 0.29) is 11.8 Å². The lowest BCUT2D eigenvalue weighted by atomic mass is 10.1. The number of rotatable bonds is 8. The van der Waals surface area contributed by atoms with E-state index in [0.717, 1.165) is 49.7 Å². The van der Waals surface area contributed by atoms with Crippen molar-refractivity contribution >= 4 is 17.5 Å². The molecule has 1 aliphatic rings. The van der Waals surface area contributed by atoms with Gasteiger partial charge in [-0.15, -0.1) is 0 Å². The summed E-state index contributed by atoms with van der Waals surface area (Å²) in [7, 11) is 0. The van der Waals surface area contributed by atoms with E-state index in [9.17, 15) is 9.59 Å². The summed E-state index contributed by atoms with van der Waals surface area (Å²) in [6, 6.07) is 14.7. The van der Waals surface area contributed by atoms with Gasteiger partial charge in [0.15, 0.2) is 0 Å². The Morgan fingerprint density at radius 2 is 1.79 bits per heavy atom. The number of ether oxygens (including phenoxy) is 1. The van der Waals surface area contributed by atoms with Crippen LogP contribution in [0.4, 0.5) is 5.69 Å². The molecule has 1 heterocycles. The third-order valence-corrected chi connectivity index (χ3v) is 4.87. The normalized spacial score (nSPS) is 14.4. The van der Waals surface area contributed by atoms with Gasteiger partial charge in [-0.3, -0.25) is 14.5 Å². The topological polar surface area (TPSA) is 96.7 Å². The van der Waals surface area contributed by atoms with Crippen molar-refractivity contribution in [3.05, 3.63) is 65.2 Å². The van der Waals surface area contributed by atoms with Crippen LogP contribution in [0.1, 0.15) is 27.9 Å². The number of hydrogen-bond donors (Lipinski definition) is 3. The Labute approximate surface area is 171 Å². The first-order chi connectivity index (χ1) is 14.1. The summed E-state index contributed by atoms with van der Waals surface area (Å²) in [4.78, 5) is 26.7. The zero-order valence-corrected chi connectivity index (χ0v) is 16.5. The molecule has 1 fully saturated rings. The number of amides is 2. The van der Waals surface area contributed by atoms with Crippen molar-refractivity contribution in [2.45, 2.75) is 19.5 Å². The van der Waals surface area contributed by atoms with E-state index < -0.39 is 0 Å².